The first-order valence-electron chi connectivity index (χ1n) is 13.3. The summed E-state index contributed by atoms with van der Waals surface area (Å²) in [6.45, 7) is 11.2. The Morgan fingerprint density at radius 2 is 1.86 bits per heavy atom. The number of carbonyl (C=O) groups excluding carboxylic acids is 1. The van der Waals surface area contributed by atoms with Crippen molar-refractivity contribution in [1.82, 2.24) is 14.8 Å². The van der Waals surface area contributed by atoms with Crippen molar-refractivity contribution in [2.24, 2.45) is 11.3 Å². The molecule has 3 atom stereocenters. The molecule has 8 heteroatoms. The summed E-state index contributed by atoms with van der Waals surface area (Å²) in [6, 6.07) is 13.3. The van der Waals surface area contributed by atoms with Crippen LogP contribution in [0.15, 0.2) is 48.7 Å². The molecule has 5 nitrogen and oxygen atoms in total. The summed E-state index contributed by atoms with van der Waals surface area (Å²) in [7, 11) is 0. The quantitative estimate of drug-likeness (QED) is 0.413. The fourth-order valence-electron chi connectivity index (χ4n) is 6.52. The molecule has 0 N–H and O–H groups in total. The van der Waals surface area contributed by atoms with E-state index >= 15 is 0 Å². The molecule has 1 aromatic carbocycles. The van der Waals surface area contributed by atoms with Gasteiger partial charge in [0, 0.05) is 44.5 Å². The number of aromatic nitrogens is 1. The Balaban J connectivity index is 1.67. The van der Waals surface area contributed by atoms with E-state index in [1.807, 2.05) is 6.07 Å². The van der Waals surface area contributed by atoms with Crippen LogP contribution in [-0.4, -0.2) is 59.0 Å². The van der Waals surface area contributed by atoms with Crippen LogP contribution in [0.5, 0.6) is 0 Å². The van der Waals surface area contributed by atoms with Crippen LogP contribution in [0.3, 0.4) is 0 Å². The highest BCUT2D eigenvalue weighted by atomic mass is 19.4. The van der Waals surface area contributed by atoms with Crippen LogP contribution in [0.1, 0.15) is 58.1 Å². The average molecular weight is 517 g/mol. The Labute approximate surface area is 218 Å². The van der Waals surface area contributed by atoms with Gasteiger partial charge >= 0.3 is 6.18 Å². The standard InChI is InChI=1S/C29H39F3N4O/c1-21(2)28(12-10-25(17-28)36(22(3)4)18-23-8-6-5-7-9-23)26-19-34(20-37)14-15-35(26)27-16-24(11-13-33-27)29(30,31)32/h5-9,11,13,16,20-22,25-26H,10,12,14-15,17-19H2,1-4H3/t25-,26?,28+/m1/s1. The molecule has 2 aliphatic rings. The molecule has 37 heavy (non-hydrogen) atoms. The maximum Gasteiger partial charge on any atom is 0.416 e. The number of hydrogen-bond donors (Lipinski definition) is 0. The lowest BCUT2D eigenvalue weighted by atomic mass is 9.68. The molecule has 0 bridgehead atoms. The number of benzene rings is 1. The number of hydrogen-bond acceptors (Lipinski definition) is 4. The Hall–Kier alpha value is -2.61. The summed E-state index contributed by atoms with van der Waals surface area (Å²) in [5.41, 5.74) is 0.426. The van der Waals surface area contributed by atoms with Gasteiger partial charge in [0.05, 0.1) is 11.6 Å². The van der Waals surface area contributed by atoms with Gasteiger partial charge in [-0.1, -0.05) is 44.2 Å². The maximum absolute atomic E-state index is 13.5. The minimum absolute atomic E-state index is 0.113. The van der Waals surface area contributed by atoms with Crippen molar-refractivity contribution in [3.8, 4) is 0 Å². The first-order chi connectivity index (χ1) is 17.5. The highest BCUT2D eigenvalue weighted by Crippen LogP contribution is 2.52. The molecule has 2 aromatic rings. The number of anilines is 1. The van der Waals surface area contributed by atoms with Crippen molar-refractivity contribution in [1.29, 1.82) is 0 Å². The molecule has 2 heterocycles. The van der Waals surface area contributed by atoms with Gasteiger partial charge in [-0.05, 0) is 62.1 Å². The van der Waals surface area contributed by atoms with Crippen LogP contribution < -0.4 is 4.90 Å². The molecule has 202 valence electrons. The van der Waals surface area contributed by atoms with E-state index in [2.05, 4.69) is 66.7 Å². The third-order valence-corrected chi connectivity index (χ3v) is 8.64. The molecule has 1 unspecified atom stereocenters. The molecule has 1 aliphatic heterocycles. The summed E-state index contributed by atoms with van der Waals surface area (Å²) >= 11 is 0. The largest absolute Gasteiger partial charge is 0.416 e. The highest BCUT2D eigenvalue weighted by molar-refractivity contribution is 5.51. The monoisotopic (exact) mass is 516 g/mol. The summed E-state index contributed by atoms with van der Waals surface area (Å²) in [5, 5.41) is 0. The zero-order chi connectivity index (χ0) is 26.8. The van der Waals surface area contributed by atoms with Crippen molar-refractivity contribution in [3.05, 3.63) is 59.8 Å². The van der Waals surface area contributed by atoms with E-state index in [4.69, 9.17) is 0 Å². The van der Waals surface area contributed by atoms with Crippen molar-refractivity contribution in [2.75, 3.05) is 24.5 Å². The van der Waals surface area contributed by atoms with E-state index in [9.17, 15) is 18.0 Å². The van der Waals surface area contributed by atoms with Crippen molar-refractivity contribution in [3.63, 3.8) is 0 Å². The zero-order valence-corrected chi connectivity index (χ0v) is 22.3. The number of alkyl halides is 3. The third-order valence-electron chi connectivity index (χ3n) is 8.64. The Morgan fingerprint density at radius 1 is 1.14 bits per heavy atom. The predicted octanol–water partition coefficient (Wildman–Crippen LogP) is 5.85. The van der Waals surface area contributed by atoms with E-state index in [1.165, 1.54) is 17.8 Å². The molecule has 0 radical (unpaired) electrons. The molecule has 1 saturated carbocycles. The lowest BCUT2D eigenvalue weighted by molar-refractivity contribution is -0.137. The van der Waals surface area contributed by atoms with Gasteiger partial charge in [-0.3, -0.25) is 9.69 Å². The maximum atomic E-state index is 13.5. The SMILES string of the molecule is CC(C)N(Cc1ccccc1)[C@@H]1CC[C@](C(C)C)(C2CN(C=O)CCN2c2cc(C(F)(F)F)ccn2)C1. The van der Waals surface area contributed by atoms with Crippen LogP contribution in [-0.2, 0) is 17.5 Å². The first-order valence-corrected chi connectivity index (χ1v) is 13.3. The van der Waals surface area contributed by atoms with Gasteiger partial charge in [0.2, 0.25) is 6.41 Å². The normalized spacial score (nSPS) is 24.9. The fraction of sp³-hybridized carbons (Fsp3) is 0.586. The first kappa shape index (κ1) is 27.4. The van der Waals surface area contributed by atoms with Crippen molar-refractivity contribution >= 4 is 12.2 Å². The molecule has 1 aromatic heterocycles. The van der Waals surface area contributed by atoms with Crippen molar-refractivity contribution < 1.29 is 18.0 Å². The molecule has 1 saturated heterocycles. The van der Waals surface area contributed by atoms with Crippen molar-refractivity contribution in [2.45, 2.75) is 77.8 Å². The van der Waals surface area contributed by atoms with E-state index < -0.39 is 11.7 Å². The average Bonchev–Trinajstić information content (AvgIpc) is 3.33. The van der Waals surface area contributed by atoms with E-state index in [0.29, 0.717) is 37.5 Å². The van der Waals surface area contributed by atoms with Gasteiger partial charge in [0.1, 0.15) is 5.82 Å². The lowest BCUT2D eigenvalue weighted by Gasteiger charge is -2.52. The topological polar surface area (TPSA) is 39.7 Å². The molecular weight excluding hydrogens is 477 g/mol. The van der Waals surface area contributed by atoms with Gasteiger partial charge < -0.3 is 9.80 Å². The molecule has 4 rings (SSSR count). The highest BCUT2D eigenvalue weighted by Gasteiger charge is 2.52. The van der Waals surface area contributed by atoms with Gasteiger partial charge in [-0.25, -0.2) is 4.98 Å². The number of carbonyl (C=O) groups is 1. The summed E-state index contributed by atoms with van der Waals surface area (Å²) < 4.78 is 40.6. The minimum atomic E-state index is -4.43. The molecular formula is C29H39F3N4O. The summed E-state index contributed by atoms with van der Waals surface area (Å²) in [4.78, 5) is 22.6. The van der Waals surface area contributed by atoms with E-state index in [1.54, 1.807) is 4.90 Å². The Morgan fingerprint density at radius 3 is 2.49 bits per heavy atom. The predicted molar refractivity (Wildman–Crippen MR) is 140 cm³/mol. The number of amides is 1. The van der Waals surface area contributed by atoms with E-state index in [-0.39, 0.29) is 17.4 Å². The smallest absolute Gasteiger partial charge is 0.349 e. The molecule has 1 aliphatic carbocycles. The van der Waals surface area contributed by atoms with Gasteiger partial charge in [-0.15, -0.1) is 0 Å². The van der Waals surface area contributed by atoms with Crippen LogP contribution in [0.2, 0.25) is 0 Å². The van der Waals surface area contributed by atoms with Crippen LogP contribution in [0.4, 0.5) is 19.0 Å². The Kier molecular flexibility index (Phi) is 8.17. The summed E-state index contributed by atoms with van der Waals surface area (Å²) in [5.74, 6) is 0.631. The number of halogens is 3. The zero-order valence-electron chi connectivity index (χ0n) is 22.3. The minimum Gasteiger partial charge on any atom is -0.349 e. The fourth-order valence-corrected chi connectivity index (χ4v) is 6.52. The number of rotatable bonds is 8. The van der Waals surface area contributed by atoms with Crippen LogP contribution in [0.25, 0.3) is 0 Å². The van der Waals surface area contributed by atoms with E-state index in [0.717, 1.165) is 38.3 Å². The second-order valence-corrected chi connectivity index (χ2v) is 11.2. The molecule has 0 spiro atoms. The van der Waals surface area contributed by atoms with Crippen LogP contribution >= 0.6 is 0 Å². The van der Waals surface area contributed by atoms with Crippen LogP contribution in [0, 0.1) is 11.3 Å². The number of pyridine rings is 1. The van der Waals surface area contributed by atoms with Gasteiger partial charge in [0.15, 0.2) is 0 Å². The Bertz CT molecular complexity index is 1040. The van der Waals surface area contributed by atoms with Gasteiger partial charge in [-0.2, -0.15) is 13.2 Å². The second-order valence-electron chi connectivity index (χ2n) is 11.2. The lowest BCUT2D eigenvalue weighted by Crippen LogP contribution is -2.61. The molecule has 1 amide bonds. The number of nitrogens with zero attached hydrogens (tertiary/aromatic N) is 4. The van der Waals surface area contributed by atoms with Gasteiger partial charge in [0.25, 0.3) is 0 Å². The third kappa shape index (κ3) is 5.79. The number of piperazine rings is 1. The molecule has 2 fully saturated rings. The second kappa shape index (κ2) is 11.0. The summed E-state index contributed by atoms with van der Waals surface area (Å²) in [6.07, 6.45) is 0.607.